The number of hydrogen-bond donors (Lipinski definition) is 0. The Morgan fingerprint density at radius 3 is 2.81 bits per heavy atom. The molecule has 2 aromatic rings. The van der Waals surface area contributed by atoms with Crippen LogP contribution in [0.1, 0.15) is 51.0 Å². The lowest BCUT2D eigenvalue weighted by atomic mass is 10.0. The lowest BCUT2D eigenvalue weighted by molar-refractivity contribution is -0.159. The largest absolute Gasteiger partial charge is 0.497 e. The number of methoxy groups -OCH3 is 1. The molecular weight excluding hydrogens is 334 g/mol. The Morgan fingerprint density at radius 1 is 1.35 bits per heavy atom. The third-order valence-corrected chi connectivity index (χ3v) is 4.28. The second kappa shape index (κ2) is 6.97. The zero-order valence-corrected chi connectivity index (χ0v) is 15.7. The Balaban J connectivity index is 1.90. The van der Waals surface area contributed by atoms with E-state index in [0.29, 0.717) is 25.2 Å². The summed E-state index contributed by atoms with van der Waals surface area (Å²) in [5.41, 5.74) is 0.0450. The predicted octanol–water partition coefficient (Wildman–Crippen LogP) is 2.32. The molecule has 26 heavy (non-hydrogen) atoms. The molecule has 7 nitrogen and oxygen atoms in total. The van der Waals surface area contributed by atoms with E-state index in [4.69, 9.17) is 9.47 Å². The Morgan fingerprint density at radius 2 is 2.12 bits per heavy atom. The molecular formula is C19H25N3O4. The highest BCUT2D eigenvalue weighted by Crippen LogP contribution is 2.25. The maximum absolute atomic E-state index is 12.9. The van der Waals surface area contributed by atoms with E-state index in [9.17, 15) is 9.59 Å². The molecule has 7 heteroatoms. The quantitative estimate of drug-likeness (QED) is 0.783. The first-order valence-electron chi connectivity index (χ1n) is 8.82. The minimum Gasteiger partial charge on any atom is -0.497 e. The van der Waals surface area contributed by atoms with Crippen LogP contribution in [0.5, 0.6) is 5.75 Å². The first kappa shape index (κ1) is 18.2. The van der Waals surface area contributed by atoms with E-state index < -0.39 is 11.6 Å². The van der Waals surface area contributed by atoms with E-state index in [2.05, 4.69) is 5.10 Å². The van der Waals surface area contributed by atoms with Gasteiger partial charge in [0.2, 0.25) is 0 Å². The van der Waals surface area contributed by atoms with Crippen molar-refractivity contribution in [1.82, 2.24) is 14.3 Å². The number of aromatic nitrogens is 3. The maximum Gasteiger partial charge on any atom is 0.347 e. The summed E-state index contributed by atoms with van der Waals surface area (Å²) >= 11 is 0. The lowest BCUT2D eigenvalue weighted by Gasteiger charge is -2.26. The molecule has 1 atom stereocenters. The normalized spacial score (nSPS) is 16.8. The monoisotopic (exact) mass is 359 g/mol. The van der Waals surface area contributed by atoms with Crippen LogP contribution in [0.25, 0.3) is 0 Å². The average Bonchev–Trinajstić information content (AvgIpc) is 2.89. The van der Waals surface area contributed by atoms with Crippen LogP contribution in [0.2, 0.25) is 0 Å². The van der Waals surface area contributed by atoms with Gasteiger partial charge in [-0.3, -0.25) is 4.57 Å². The highest BCUT2D eigenvalue weighted by Gasteiger charge is 2.33. The van der Waals surface area contributed by atoms with Crippen molar-refractivity contribution in [3.8, 4) is 5.75 Å². The van der Waals surface area contributed by atoms with Crippen molar-refractivity contribution in [2.75, 3.05) is 7.11 Å². The summed E-state index contributed by atoms with van der Waals surface area (Å²) in [7, 11) is 1.60. The number of aryl methyl sites for hydroxylation is 1. The number of esters is 1. The van der Waals surface area contributed by atoms with Crippen LogP contribution in [-0.4, -0.2) is 33.0 Å². The third kappa shape index (κ3) is 3.81. The Hall–Kier alpha value is -2.57. The smallest absolute Gasteiger partial charge is 0.347 e. The minimum atomic E-state index is -0.607. The van der Waals surface area contributed by atoms with Gasteiger partial charge < -0.3 is 9.47 Å². The molecule has 0 bridgehead atoms. The van der Waals surface area contributed by atoms with Gasteiger partial charge in [-0.2, -0.15) is 5.10 Å². The molecule has 0 radical (unpaired) electrons. The predicted molar refractivity (Wildman–Crippen MR) is 96.4 cm³/mol. The van der Waals surface area contributed by atoms with Crippen LogP contribution in [0.15, 0.2) is 29.1 Å². The molecule has 1 aliphatic heterocycles. The van der Waals surface area contributed by atoms with E-state index in [-0.39, 0.29) is 11.7 Å². The van der Waals surface area contributed by atoms with E-state index in [1.807, 2.05) is 45.0 Å². The van der Waals surface area contributed by atoms with Gasteiger partial charge in [0.05, 0.1) is 13.7 Å². The van der Waals surface area contributed by atoms with Gasteiger partial charge >= 0.3 is 11.7 Å². The highest BCUT2D eigenvalue weighted by atomic mass is 16.6. The van der Waals surface area contributed by atoms with Crippen molar-refractivity contribution in [2.24, 2.45) is 0 Å². The molecule has 2 heterocycles. The molecule has 3 rings (SSSR count). The summed E-state index contributed by atoms with van der Waals surface area (Å²) in [5.74, 6) is 0.993. The molecule has 0 N–H and O–H groups in total. The number of nitrogens with zero attached hydrogens (tertiary/aromatic N) is 3. The zero-order chi connectivity index (χ0) is 18.9. The van der Waals surface area contributed by atoms with Crippen molar-refractivity contribution >= 4 is 5.97 Å². The summed E-state index contributed by atoms with van der Waals surface area (Å²) in [6.07, 6.45) is 2.08. The van der Waals surface area contributed by atoms with Gasteiger partial charge in [0, 0.05) is 6.42 Å². The molecule has 0 fully saturated rings. The van der Waals surface area contributed by atoms with Crippen LogP contribution in [0, 0.1) is 0 Å². The van der Waals surface area contributed by atoms with Crippen LogP contribution in [-0.2, 0) is 22.5 Å². The fourth-order valence-corrected chi connectivity index (χ4v) is 3.17. The summed E-state index contributed by atoms with van der Waals surface area (Å²) in [4.78, 5) is 25.4. The summed E-state index contributed by atoms with van der Waals surface area (Å²) in [5, 5.41) is 4.45. The zero-order valence-electron chi connectivity index (χ0n) is 15.7. The molecule has 0 aliphatic carbocycles. The lowest BCUT2D eigenvalue weighted by Crippen LogP contribution is -2.38. The molecule has 0 spiro atoms. The second-order valence-electron chi connectivity index (χ2n) is 7.52. The topological polar surface area (TPSA) is 75.4 Å². The summed E-state index contributed by atoms with van der Waals surface area (Å²) in [6.45, 7) is 5.80. The standard InChI is InChI=1S/C19H25N3O4/c1-19(2,3)26-17(23)15-9-6-10-16-20-21(18(24)22(15)16)12-13-7-5-8-14(11-13)25-4/h5,7-8,11,15H,6,9-10,12H2,1-4H3/t15-/m1/s1. The number of hydrogen-bond acceptors (Lipinski definition) is 5. The van der Waals surface area contributed by atoms with E-state index in [1.54, 1.807) is 7.11 Å². The number of ether oxygens (including phenoxy) is 2. The van der Waals surface area contributed by atoms with Gasteiger partial charge in [0.1, 0.15) is 23.2 Å². The minimum absolute atomic E-state index is 0.279. The molecule has 1 aromatic carbocycles. The average molecular weight is 359 g/mol. The van der Waals surface area contributed by atoms with Gasteiger partial charge in [-0.1, -0.05) is 12.1 Å². The fraction of sp³-hybridized carbons (Fsp3) is 0.526. The molecule has 0 amide bonds. The van der Waals surface area contributed by atoms with Crippen molar-refractivity contribution in [1.29, 1.82) is 0 Å². The number of carbonyl (C=O) groups is 1. The number of rotatable bonds is 4. The van der Waals surface area contributed by atoms with E-state index >= 15 is 0 Å². The van der Waals surface area contributed by atoms with Gasteiger partial charge in [-0.25, -0.2) is 14.3 Å². The van der Waals surface area contributed by atoms with E-state index in [0.717, 1.165) is 17.7 Å². The van der Waals surface area contributed by atoms with Gasteiger partial charge in [0.25, 0.3) is 0 Å². The first-order valence-corrected chi connectivity index (χ1v) is 8.82. The first-order chi connectivity index (χ1) is 12.3. The van der Waals surface area contributed by atoms with Crippen molar-refractivity contribution in [3.63, 3.8) is 0 Å². The molecule has 0 unspecified atom stereocenters. The van der Waals surface area contributed by atoms with Crippen molar-refractivity contribution < 1.29 is 14.3 Å². The second-order valence-corrected chi connectivity index (χ2v) is 7.52. The number of carbonyl (C=O) groups excluding carboxylic acids is 1. The van der Waals surface area contributed by atoms with Crippen LogP contribution in [0.3, 0.4) is 0 Å². The Bertz CT molecular complexity index is 860. The summed E-state index contributed by atoms with van der Waals surface area (Å²) < 4.78 is 13.6. The van der Waals surface area contributed by atoms with Gasteiger partial charge in [0.15, 0.2) is 0 Å². The molecule has 0 saturated heterocycles. The SMILES string of the molecule is COc1cccc(Cn2nc3n(c2=O)[C@@H](C(=O)OC(C)(C)C)CCC3)c1. The van der Waals surface area contributed by atoms with Gasteiger partial charge in [-0.05, 0) is 51.3 Å². The van der Waals surface area contributed by atoms with Crippen LogP contribution >= 0.6 is 0 Å². The van der Waals surface area contributed by atoms with Crippen LogP contribution < -0.4 is 10.4 Å². The van der Waals surface area contributed by atoms with Gasteiger partial charge in [-0.15, -0.1) is 0 Å². The third-order valence-electron chi connectivity index (χ3n) is 4.28. The van der Waals surface area contributed by atoms with Crippen molar-refractivity contribution in [2.45, 2.75) is 58.2 Å². The number of fused-ring (bicyclic) bond motifs is 1. The van der Waals surface area contributed by atoms with E-state index in [1.165, 1.54) is 9.25 Å². The summed E-state index contributed by atoms with van der Waals surface area (Å²) in [6, 6.07) is 6.90. The Labute approximate surface area is 152 Å². The maximum atomic E-state index is 12.9. The highest BCUT2D eigenvalue weighted by molar-refractivity contribution is 5.74. The molecule has 1 aromatic heterocycles. The van der Waals surface area contributed by atoms with Crippen LogP contribution in [0.4, 0.5) is 0 Å². The number of benzene rings is 1. The molecule has 140 valence electrons. The molecule has 0 saturated carbocycles. The Kier molecular flexibility index (Phi) is 4.89. The molecule has 1 aliphatic rings. The fourth-order valence-electron chi connectivity index (χ4n) is 3.17. The van der Waals surface area contributed by atoms with Crippen molar-refractivity contribution in [3.05, 3.63) is 46.1 Å².